The van der Waals surface area contributed by atoms with Crippen LogP contribution < -0.4 is 10.6 Å². The number of carbonyl (C=O) groups is 2. The highest BCUT2D eigenvalue weighted by atomic mass is 31.2. The number of phenols is 2. The van der Waals surface area contributed by atoms with Crippen LogP contribution in [-0.4, -0.2) is 60.1 Å². The Morgan fingerprint density at radius 3 is 1.86 bits per heavy atom. The Bertz CT molecular complexity index is 797. The van der Waals surface area contributed by atoms with E-state index in [4.69, 9.17) is 19.6 Å². The molecule has 0 atom stereocenters. The second-order valence-electron chi connectivity index (χ2n) is 6.22. The largest absolute Gasteiger partial charge is 0.504 e. The normalized spacial score (nSPS) is 12.0. The number of hydrogen-bond acceptors (Lipinski definition) is 6. The van der Waals surface area contributed by atoms with E-state index in [0.717, 1.165) is 0 Å². The van der Waals surface area contributed by atoms with Crippen LogP contribution >= 0.6 is 15.2 Å². The molecule has 0 spiro atoms. The average molecular weight is 454 g/mol. The molecule has 12 nitrogen and oxygen atoms in total. The zero-order valence-electron chi connectivity index (χ0n) is 15.3. The zero-order chi connectivity index (χ0) is 22.2. The smallest absolute Gasteiger partial charge is 0.340 e. The van der Waals surface area contributed by atoms with Crippen molar-refractivity contribution in [3.63, 3.8) is 0 Å². The molecule has 0 heterocycles. The van der Waals surface area contributed by atoms with Gasteiger partial charge in [-0.3, -0.25) is 18.7 Å². The van der Waals surface area contributed by atoms with Gasteiger partial charge in [-0.15, -0.1) is 0 Å². The number of aromatic hydroxyl groups is 2. The summed E-state index contributed by atoms with van der Waals surface area (Å²) in [6, 6.07) is 4.26. The second-order valence-corrected chi connectivity index (χ2v) is 10.2. The Kier molecular flexibility index (Phi) is 9.28. The first-order valence-electron chi connectivity index (χ1n) is 8.45. The van der Waals surface area contributed by atoms with E-state index in [0.29, 0.717) is 12.0 Å². The summed E-state index contributed by atoms with van der Waals surface area (Å²) in [5, 5.41) is 21.2. The van der Waals surface area contributed by atoms with Gasteiger partial charge in [-0.25, -0.2) is 0 Å². The molecule has 14 heteroatoms. The summed E-state index contributed by atoms with van der Waals surface area (Å²) in [6.07, 6.45) is -0.612. The van der Waals surface area contributed by atoms with Gasteiger partial charge in [0.15, 0.2) is 16.9 Å². The topological polar surface area (TPSA) is 214 Å². The summed E-state index contributed by atoms with van der Waals surface area (Å²) in [5.74, 6) is -1.56. The molecule has 8 N–H and O–H groups in total. The van der Waals surface area contributed by atoms with Gasteiger partial charge in [0.1, 0.15) is 0 Å². The zero-order valence-corrected chi connectivity index (χ0v) is 17.1. The van der Waals surface area contributed by atoms with Crippen LogP contribution in [0.4, 0.5) is 0 Å². The van der Waals surface area contributed by atoms with Crippen LogP contribution in [-0.2, 0) is 25.1 Å². The van der Waals surface area contributed by atoms with Crippen molar-refractivity contribution in [2.75, 3.05) is 13.1 Å². The predicted octanol–water partition coefficient (Wildman–Crippen LogP) is -0.276. The van der Waals surface area contributed by atoms with E-state index in [2.05, 4.69) is 10.6 Å². The number of phenolic OH excluding ortho intramolecular Hbond substituents is 2. The van der Waals surface area contributed by atoms with Crippen molar-refractivity contribution < 1.29 is 48.5 Å². The van der Waals surface area contributed by atoms with Crippen molar-refractivity contribution in [2.45, 2.75) is 31.1 Å². The lowest BCUT2D eigenvalue weighted by atomic mass is 10.1. The third kappa shape index (κ3) is 9.40. The lowest BCUT2D eigenvalue weighted by Crippen LogP contribution is -2.30. The molecule has 0 aromatic heterocycles. The quantitative estimate of drug-likeness (QED) is 0.162. The van der Waals surface area contributed by atoms with Crippen LogP contribution in [0.25, 0.3) is 0 Å². The fraction of sp³-hybridized carbons (Fsp3) is 0.467. The Morgan fingerprint density at radius 2 is 1.38 bits per heavy atom. The number of nitrogens with one attached hydrogen (secondary N) is 2. The summed E-state index contributed by atoms with van der Waals surface area (Å²) in [7, 11) is -10.1. The fourth-order valence-electron chi connectivity index (χ4n) is 2.35. The highest BCUT2D eigenvalue weighted by Gasteiger charge is 2.42. The molecule has 0 unspecified atom stereocenters. The van der Waals surface area contributed by atoms with E-state index in [1.807, 2.05) is 0 Å². The Morgan fingerprint density at radius 1 is 0.862 bits per heavy atom. The van der Waals surface area contributed by atoms with Crippen LogP contribution in [0.3, 0.4) is 0 Å². The van der Waals surface area contributed by atoms with Crippen LogP contribution in [0.1, 0.15) is 24.8 Å². The minimum absolute atomic E-state index is 0.160. The van der Waals surface area contributed by atoms with E-state index < -0.39 is 38.8 Å². The van der Waals surface area contributed by atoms with E-state index in [9.17, 15) is 28.9 Å². The summed E-state index contributed by atoms with van der Waals surface area (Å²) >= 11 is 0. The first-order chi connectivity index (χ1) is 13.3. The average Bonchev–Trinajstić information content (AvgIpc) is 2.57. The van der Waals surface area contributed by atoms with E-state index >= 15 is 0 Å². The van der Waals surface area contributed by atoms with Crippen molar-refractivity contribution >= 4 is 27.0 Å². The Hall–Kier alpha value is -1.94. The van der Waals surface area contributed by atoms with Gasteiger partial charge in [0, 0.05) is 25.9 Å². The molecule has 0 saturated carbocycles. The van der Waals surface area contributed by atoms with Crippen LogP contribution in [0.2, 0.25) is 0 Å². The fourth-order valence-corrected chi connectivity index (χ4v) is 4.85. The lowest BCUT2D eigenvalue weighted by Gasteiger charge is -2.19. The highest BCUT2D eigenvalue weighted by molar-refractivity contribution is 7.70. The van der Waals surface area contributed by atoms with Crippen LogP contribution in [0.15, 0.2) is 18.2 Å². The van der Waals surface area contributed by atoms with Gasteiger partial charge in [-0.05, 0) is 30.5 Å². The molecule has 2 amide bonds. The Labute approximate surface area is 166 Å². The SMILES string of the molecule is O=C(CCC(=O)NCCC(P(=O)(O)O)P(=O)(O)O)NCCc1ccc(O)c(O)c1. The maximum Gasteiger partial charge on any atom is 0.340 e. The maximum absolute atomic E-state index is 11.7. The molecule has 1 aromatic carbocycles. The number of carbonyl (C=O) groups excluding carboxylic acids is 2. The first kappa shape index (κ1) is 25.1. The van der Waals surface area contributed by atoms with Gasteiger partial charge < -0.3 is 40.4 Å². The molecule has 0 bridgehead atoms. The van der Waals surface area contributed by atoms with E-state index in [-0.39, 0.29) is 37.4 Å². The van der Waals surface area contributed by atoms with Crippen LogP contribution in [0.5, 0.6) is 11.5 Å². The van der Waals surface area contributed by atoms with Crippen molar-refractivity contribution in [1.29, 1.82) is 0 Å². The van der Waals surface area contributed by atoms with Crippen molar-refractivity contribution in [3.8, 4) is 11.5 Å². The third-order valence-electron chi connectivity index (χ3n) is 3.86. The first-order valence-corrected chi connectivity index (χ1v) is 11.8. The maximum atomic E-state index is 11.7. The number of benzene rings is 1. The predicted molar refractivity (Wildman–Crippen MR) is 101 cm³/mol. The molecule has 164 valence electrons. The second kappa shape index (κ2) is 10.7. The molecule has 0 aliphatic heterocycles. The molecule has 0 radical (unpaired) electrons. The standard InChI is InChI=1S/C15H24N2O10P2/c18-11-2-1-10(9-12(11)19)5-7-16-13(20)3-4-14(21)17-8-6-15(28(22,23)24)29(25,26)27/h1-2,9,15,18-19H,3-8H2,(H,16,20)(H,17,21)(H2,22,23,24)(H2,25,26,27). The molecule has 0 aliphatic rings. The van der Waals surface area contributed by atoms with E-state index in [1.54, 1.807) is 6.07 Å². The molecular weight excluding hydrogens is 430 g/mol. The molecule has 1 rings (SSSR count). The molecule has 1 aromatic rings. The molecular formula is C15H24N2O10P2. The third-order valence-corrected chi connectivity index (χ3v) is 7.73. The molecule has 0 fully saturated rings. The van der Waals surface area contributed by atoms with Gasteiger partial charge in [0.2, 0.25) is 11.8 Å². The van der Waals surface area contributed by atoms with Crippen molar-refractivity contribution in [1.82, 2.24) is 10.6 Å². The summed E-state index contributed by atoms with van der Waals surface area (Å²) in [4.78, 5) is 59.3. The van der Waals surface area contributed by atoms with E-state index in [1.165, 1.54) is 12.1 Å². The minimum atomic E-state index is -5.04. The summed E-state index contributed by atoms with van der Waals surface area (Å²) < 4.78 is 22.2. The number of hydrogen-bond donors (Lipinski definition) is 8. The van der Waals surface area contributed by atoms with Crippen LogP contribution in [0, 0.1) is 0 Å². The number of amides is 2. The lowest BCUT2D eigenvalue weighted by molar-refractivity contribution is -0.126. The minimum Gasteiger partial charge on any atom is -0.504 e. The summed E-state index contributed by atoms with van der Waals surface area (Å²) in [6.45, 7) is -0.136. The highest BCUT2D eigenvalue weighted by Crippen LogP contribution is 2.61. The summed E-state index contributed by atoms with van der Waals surface area (Å²) in [5.41, 5.74) is 0.683. The number of rotatable bonds is 11. The van der Waals surface area contributed by atoms with Crippen molar-refractivity contribution in [3.05, 3.63) is 23.8 Å². The Balaban J connectivity index is 2.29. The molecule has 0 aliphatic carbocycles. The van der Waals surface area contributed by atoms with Gasteiger partial charge in [-0.1, -0.05) is 6.07 Å². The van der Waals surface area contributed by atoms with Gasteiger partial charge in [0.05, 0.1) is 0 Å². The molecule has 29 heavy (non-hydrogen) atoms. The van der Waals surface area contributed by atoms with Gasteiger partial charge in [0.25, 0.3) is 0 Å². The monoisotopic (exact) mass is 454 g/mol. The van der Waals surface area contributed by atoms with Gasteiger partial charge >= 0.3 is 15.2 Å². The molecule has 0 saturated heterocycles. The van der Waals surface area contributed by atoms with Gasteiger partial charge in [-0.2, -0.15) is 0 Å². The van der Waals surface area contributed by atoms with Crippen molar-refractivity contribution in [2.24, 2.45) is 0 Å².